The smallest absolute Gasteiger partial charge is 0.303 e. The molecule has 1 aromatic carbocycles. The van der Waals surface area contributed by atoms with Crippen molar-refractivity contribution in [2.24, 2.45) is 7.05 Å². The number of aryl methyl sites for hydroxylation is 2. The zero-order chi connectivity index (χ0) is 14.6. The molecule has 0 aliphatic carbocycles. The summed E-state index contributed by atoms with van der Waals surface area (Å²) in [5.41, 5.74) is 3.90. The Morgan fingerprint density at radius 2 is 2.10 bits per heavy atom. The van der Waals surface area contributed by atoms with Crippen LogP contribution in [0, 0.1) is 0 Å². The number of aliphatic carboxylic acids is 1. The number of fused-ring (bicyclic) bond motifs is 3. The molecule has 4 heterocycles. The molecule has 0 unspecified atom stereocenters. The van der Waals surface area contributed by atoms with Gasteiger partial charge in [0.15, 0.2) is 0 Å². The van der Waals surface area contributed by atoms with Crippen molar-refractivity contribution in [3.63, 3.8) is 0 Å². The molecule has 3 aliphatic rings. The first-order chi connectivity index (χ1) is 10.2. The number of carbonyl (C=O) groups is 1. The van der Waals surface area contributed by atoms with Crippen LogP contribution in [0.2, 0.25) is 0 Å². The third-order valence-electron chi connectivity index (χ3n) is 5.11. The van der Waals surface area contributed by atoms with E-state index in [4.69, 9.17) is 5.11 Å². The molecular weight excluding hydrogens is 264 g/mol. The van der Waals surface area contributed by atoms with Crippen LogP contribution in [0.1, 0.15) is 36.3 Å². The number of aromatic nitrogens is 1. The Balaban J connectivity index is 1.91. The topological polar surface area (TPSA) is 45.5 Å². The van der Waals surface area contributed by atoms with E-state index in [0.29, 0.717) is 12.3 Å². The minimum absolute atomic E-state index is 0.197. The first-order valence-electron chi connectivity index (χ1n) is 7.73. The second-order valence-electron chi connectivity index (χ2n) is 6.26. The molecule has 2 bridgehead atoms. The van der Waals surface area contributed by atoms with Crippen molar-refractivity contribution < 1.29 is 9.90 Å². The second-order valence-corrected chi connectivity index (χ2v) is 6.26. The van der Waals surface area contributed by atoms with Gasteiger partial charge in [-0.25, -0.2) is 0 Å². The average Bonchev–Trinajstić information content (AvgIpc) is 2.83. The quantitative estimate of drug-likeness (QED) is 0.942. The standard InChI is InChI=1S/C17H20N2O2/c1-18-16-12(5-6-14(20)21)3-2-4-13(16)15-11-7-9-19(10-8-11)17(15)18/h2-4,11H,5-10H2,1H3,(H,20,21). The van der Waals surface area contributed by atoms with Gasteiger partial charge in [-0.1, -0.05) is 18.2 Å². The molecule has 1 N–H and O–H groups in total. The van der Waals surface area contributed by atoms with E-state index in [9.17, 15) is 4.79 Å². The Kier molecular flexibility index (Phi) is 2.74. The van der Waals surface area contributed by atoms with Gasteiger partial charge in [-0.3, -0.25) is 4.79 Å². The lowest BCUT2D eigenvalue weighted by Crippen LogP contribution is -2.39. The third-order valence-corrected chi connectivity index (χ3v) is 5.11. The van der Waals surface area contributed by atoms with Crippen molar-refractivity contribution in [3.05, 3.63) is 29.3 Å². The van der Waals surface area contributed by atoms with Gasteiger partial charge in [-0.15, -0.1) is 0 Å². The molecule has 2 aromatic rings. The molecule has 4 heteroatoms. The molecule has 0 spiro atoms. The maximum atomic E-state index is 10.9. The summed E-state index contributed by atoms with van der Waals surface area (Å²) in [5.74, 6) is 1.33. The van der Waals surface area contributed by atoms with Gasteiger partial charge in [0.05, 0.1) is 5.52 Å². The normalized spacial score (nSPS) is 17.5. The van der Waals surface area contributed by atoms with Crippen molar-refractivity contribution in [2.45, 2.75) is 31.6 Å². The fourth-order valence-corrected chi connectivity index (χ4v) is 4.22. The Hall–Kier alpha value is -1.97. The fraction of sp³-hybridized carbons (Fsp3) is 0.471. The molecular formula is C17H20N2O2. The van der Waals surface area contributed by atoms with Crippen LogP contribution in [0.4, 0.5) is 5.82 Å². The Morgan fingerprint density at radius 1 is 1.33 bits per heavy atom. The van der Waals surface area contributed by atoms with E-state index in [2.05, 4.69) is 34.7 Å². The zero-order valence-corrected chi connectivity index (χ0v) is 12.3. The van der Waals surface area contributed by atoms with Crippen LogP contribution in [0.3, 0.4) is 0 Å². The monoisotopic (exact) mass is 284 g/mol. The highest BCUT2D eigenvalue weighted by Gasteiger charge is 2.35. The largest absolute Gasteiger partial charge is 0.481 e. The fourth-order valence-electron chi connectivity index (χ4n) is 4.22. The highest BCUT2D eigenvalue weighted by Crippen LogP contribution is 2.47. The van der Waals surface area contributed by atoms with Gasteiger partial charge in [0, 0.05) is 37.5 Å². The Bertz CT molecular complexity index is 724. The predicted octanol–water partition coefficient (Wildman–Crippen LogP) is 2.89. The number of nitrogens with zero attached hydrogens (tertiary/aromatic N) is 2. The highest BCUT2D eigenvalue weighted by atomic mass is 16.4. The molecule has 0 atom stereocenters. The van der Waals surface area contributed by atoms with Gasteiger partial charge in [0.2, 0.25) is 0 Å². The summed E-state index contributed by atoms with van der Waals surface area (Å²) in [7, 11) is 2.13. The summed E-state index contributed by atoms with van der Waals surface area (Å²) in [6, 6.07) is 6.37. The van der Waals surface area contributed by atoms with Gasteiger partial charge < -0.3 is 14.6 Å². The Labute approximate surface area is 124 Å². The first-order valence-corrected chi connectivity index (χ1v) is 7.73. The molecule has 0 radical (unpaired) electrons. The van der Waals surface area contributed by atoms with Crippen molar-refractivity contribution >= 4 is 22.7 Å². The van der Waals surface area contributed by atoms with Gasteiger partial charge in [0.1, 0.15) is 5.82 Å². The molecule has 1 fully saturated rings. The van der Waals surface area contributed by atoms with Crippen molar-refractivity contribution in [3.8, 4) is 0 Å². The average molecular weight is 284 g/mol. The van der Waals surface area contributed by atoms with Gasteiger partial charge in [-0.2, -0.15) is 0 Å². The molecule has 21 heavy (non-hydrogen) atoms. The van der Waals surface area contributed by atoms with Crippen LogP contribution < -0.4 is 4.90 Å². The summed E-state index contributed by atoms with van der Waals surface area (Å²) < 4.78 is 2.30. The zero-order valence-electron chi connectivity index (χ0n) is 12.3. The lowest BCUT2D eigenvalue weighted by Gasteiger charge is -2.41. The maximum absolute atomic E-state index is 10.9. The van der Waals surface area contributed by atoms with E-state index in [1.165, 1.54) is 35.1 Å². The van der Waals surface area contributed by atoms with Crippen molar-refractivity contribution in [1.82, 2.24) is 4.57 Å². The SMILES string of the molecule is Cn1c2c(c3cccc(CCC(=O)O)c31)C1CCN2CC1. The molecule has 1 saturated heterocycles. The number of piperidine rings is 1. The second kappa shape index (κ2) is 4.52. The van der Waals surface area contributed by atoms with Crippen LogP contribution >= 0.6 is 0 Å². The Morgan fingerprint density at radius 3 is 2.81 bits per heavy atom. The van der Waals surface area contributed by atoms with E-state index >= 15 is 0 Å². The lowest BCUT2D eigenvalue weighted by atomic mass is 9.84. The number of hydrogen-bond acceptors (Lipinski definition) is 2. The molecule has 1 aromatic heterocycles. The minimum atomic E-state index is -0.727. The molecule has 0 saturated carbocycles. The number of benzene rings is 1. The van der Waals surface area contributed by atoms with Crippen LogP contribution in [-0.4, -0.2) is 28.7 Å². The van der Waals surface area contributed by atoms with Gasteiger partial charge in [0.25, 0.3) is 0 Å². The number of rotatable bonds is 3. The van der Waals surface area contributed by atoms with E-state index in [1.807, 2.05) is 0 Å². The minimum Gasteiger partial charge on any atom is -0.481 e. The van der Waals surface area contributed by atoms with E-state index in [0.717, 1.165) is 18.7 Å². The van der Waals surface area contributed by atoms with E-state index in [-0.39, 0.29) is 6.42 Å². The van der Waals surface area contributed by atoms with Crippen LogP contribution in [0.5, 0.6) is 0 Å². The number of hydrogen-bond donors (Lipinski definition) is 1. The third kappa shape index (κ3) is 1.78. The summed E-state index contributed by atoms with van der Waals surface area (Å²) in [6.07, 6.45) is 3.31. The molecule has 5 rings (SSSR count). The van der Waals surface area contributed by atoms with Crippen molar-refractivity contribution in [2.75, 3.05) is 18.0 Å². The molecule has 4 nitrogen and oxygen atoms in total. The number of para-hydroxylation sites is 1. The summed E-state index contributed by atoms with van der Waals surface area (Å²) >= 11 is 0. The van der Waals surface area contributed by atoms with E-state index in [1.54, 1.807) is 0 Å². The summed E-state index contributed by atoms with van der Waals surface area (Å²) in [4.78, 5) is 13.4. The summed E-state index contributed by atoms with van der Waals surface area (Å²) in [6.45, 7) is 2.32. The van der Waals surface area contributed by atoms with Gasteiger partial charge >= 0.3 is 5.97 Å². The first kappa shape index (κ1) is 12.7. The molecule has 3 aliphatic heterocycles. The van der Waals surface area contributed by atoms with Crippen LogP contribution in [-0.2, 0) is 18.3 Å². The van der Waals surface area contributed by atoms with Crippen molar-refractivity contribution in [1.29, 1.82) is 0 Å². The summed E-state index contributed by atoms with van der Waals surface area (Å²) in [5, 5.41) is 10.3. The lowest BCUT2D eigenvalue weighted by molar-refractivity contribution is -0.136. The predicted molar refractivity (Wildman–Crippen MR) is 83.1 cm³/mol. The highest BCUT2D eigenvalue weighted by molar-refractivity contribution is 5.94. The molecule has 110 valence electrons. The number of carboxylic acid groups (broad SMARTS) is 1. The maximum Gasteiger partial charge on any atom is 0.303 e. The molecule has 0 amide bonds. The van der Waals surface area contributed by atoms with Crippen LogP contribution in [0.15, 0.2) is 18.2 Å². The van der Waals surface area contributed by atoms with Gasteiger partial charge in [-0.05, 0) is 30.7 Å². The number of anilines is 1. The number of carboxylic acids is 1. The van der Waals surface area contributed by atoms with E-state index < -0.39 is 5.97 Å². The van der Waals surface area contributed by atoms with Crippen LogP contribution in [0.25, 0.3) is 10.9 Å².